The Labute approximate surface area is 160 Å². The Morgan fingerprint density at radius 1 is 1.19 bits per heavy atom. The number of hydrogen-bond donors (Lipinski definition) is 1. The number of aldehydes is 1. The van der Waals surface area contributed by atoms with Crippen LogP contribution >= 0.6 is 0 Å². The molecule has 132 valence electrons. The fourth-order valence-corrected chi connectivity index (χ4v) is 2.83. The summed E-state index contributed by atoms with van der Waals surface area (Å²) in [4.78, 5) is 15.6. The summed E-state index contributed by atoms with van der Waals surface area (Å²) in [5.74, 6) is -0.165. The molecule has 0 spiro atoms. The standard InChI is InChI=1S/C19H17B2N3O3/c1-12(2)24-15(8-10-23-24)13-5-4-9-22-18(13)19(20,21)27-17-7-3-6-16(26)14(17)11-25/h3-12,26H,1-2H3. The van der Waals surface area contributed by atoms with E-state index >= 15 is 0 Å². The molecule has 2 heterocycles. The Bertz CT molecular complexity index is 970. The Hall–Kier alpha value is -3.02. The van der Waals surface area contributed by atoms with Gasteiger partial charge < -0.3 is 9.84 Å². The van der Waals surface area contributed by atoms with Crippen molar-refractivity contribution in [1.82, 2.24) is 14.8 Å². The molecule has 0 unspecified atom stereocenters. The van der Waals surface area contributed by atoms with Crippen LogP contribution in [-0.2, 0) is 5.40 Å². The van der Waals surface area contributed by atoms with E-state index in [4.69, 9.17) is 20.4 Å². The molecule has 0 aliphatic rings. The number of ether oxygens (including phenoxy) is 1. The van der Waals surface area contributed by atoms with E-state index in [1.165, 1.54) is 18.2 Å². The first kappa shape index (κ1) is 18.8. The molecule has 0 fully saturated rings. The molecule has 0 bridgehead atoms. The third-order valence-electron chi connectivity index (χ3n) is 4.05. The van der Waals surface area contributed by atoms with Gasteiger partial charge in [0.15, 0.2) is 6.29 Å². The van der Waals surface area contributed by atoms with E-state index in [0.717, 1.165) is 5.69 Å². The van der Waals surface area contributed by atoms with Crippen molar-refractivity contribution in [2.75, 3.05) is 0 Å². The number of phenolic OH excluding ortho intramolecular Hbond substituents is 1. The van der Waals surface area contributed by atoms with Crippen LogP contribution in [-0.4, -0.2) is 41.8 Å². The number of benzene rings is 1. The molecule has 3 aromatic rings. The van der Waals surface area contributed by atoms with Gasteiger partial charge in [0.05, 0.1) is 22.4 Å². The number of nitrogens with zero attached hydrogens (tertiary/aromatic N) is 3. The number of aromatic hydroxyl groups is 1. The molecule has 2 aromatic heterocycles. The van der Waals surface area contributed by atoms with Crippen LogP contribution in [0, 0.1) is 0 Å². The summed E-state index contributed by atoms with van der Waals surface area (Å²) in [5.41, 5.74) is 1.67. The zero-order valence-electron chi connectivity index (χ0n) is 15.0. The lowest BCUT2D eigenvalue weighted by Crippen LogP contribution is -2.36. The molecule has 0 atom stereocenters. The second-order valence-electron chi connectivity index (χ2n) is 6.36. The summed E-state index contributed by atoms with van der Waals surface area (Å²) >= 11 is 0. The smallest absolute Gasteiger partial charge is 0.157 e. The summed E-state index contributed by atoms with van der Waals surface area (Å²) in [6.45, 7) is 4.01. The Morgan fingerprint density at radius 2 is 1.96 bits per heavy atom. The molecule has 8 heteroatoms. The second kappa shape index (κ2) is 7.31. The molecule has 27 heavy (non-hydrogen) atoms. The van der Waals surface area contributed by atoms with Crippen molar-refractivity contribution in [1.29, 1.82) is 0 Å². The molecule has 4 radical (unpaired) electrons. The minimum absolute atomic E-state index is 0.0394. The van der Waals surface area contributed by atoms with Crippen LogP contribution in [0.15, 0.2) is 48.8 Å². The summed E-state index contributed by atoms with van der Waals surface area (Å²) in [6, 6.07) is 9.93. The van der Waals surface area contributed by atoms with Gasteiger partial charge in [-0.15, -0.1) is 0 Å². The van der Waals surface area contributed by atoms with Gasteiger partial charge in [-0.1, -0.05) is 6.07 Å². The van der Waals surface area contributed by atoms with E-state index in [-0.39, 0.29) is 28.8 Å². The number of aromatic nitrogens is 3. The first-order chi connectivity index (χ1) is 12.8. The third-order valence-corrected chi connectivity index (χ3v) is 4.05. The lowest BCUT2D eigenvalue weighted by atomic mass is 9.61. The zero-order valence-corrected chi connectivity index (χ0v) is 15.0. The summed E-state index contributed by atoms with van der Waals surface area (Å²) in [5, 5.41) is 12.3. The second-order valence-corrected chi connectivity index (χ2v) is 6.36. The fraction of sp³-hybridized carbons (Fsp3) is 0.211. The van der Waals surface area contributed by atoms with Crippen molar-refractivity contribution in [2.24, 2.45) is 0 Å². The maximum absolute atomic E-state index is 11.3. The van der Waals surface area contributed by atoms with Crippen LogP contribution in [0.5, 0.6) is 11.5 Å². The van der Waals surface area contributed by atoms with Gasteiger partial charge in [-0.25, -0.2) is 0 Å². The molecule has 6 nitrogen and oxygen atoms in total. The highest BCUT2D eigenvalue weighted by atomic mass is 16.5. The molecule has 0 amide bonds. The average Bonchev–Trinajstić information content (AvgIpc) is 3.11. The highest BCUT2D eigenvalue weighted by Crippen LogP contribution is 2.34. The summed E-state index contributed by atoms with van der Waals surface area (Å²) in [7, 11) is 12.5. The van der Waals surface area contributed by atoms with Crippen LogP contribution in [0.3, 0.4) is 0 Å². The maximum Gasteiger partial charge on any atom is 0.157 e. The first-order valence-corrected chi connectivity index (χ1v) is 8.38. The quantitative estimate of drug-likeness (QED) is 0.542. The van der Waals surface area contributed by atoms with Gasteiger partial charge in [0.1, 0.15) is 27.2 Å². The van der Waals surface area contributed by atoms with Crippen molar-refractivity contribution >= 4 is 22.0 Å². The van der Waals surface area contributed by atoms with E-state index in [2.05, 4.69) is 10.1 Å². The molecule has 3 rings (SSSR count). The minimum Gasteiger partial charge on any atom is -0.507 e. The third kappa shape index (κ3) is 3.60. The van der Waals surface area contributed by atoms with E-state index in [9.17, 15) is 9.90 Å². The molecular weight excluding hydrogens is 340 g/mol. The van der Waals surface area contributed by atoms with Gasteiger partial charge in [0.25, 0.3) is 0 Å². The first-order valence-electron chi connectivity index (χ1n) is 8.38. The monoisotopic (exact) mass is 357 g/mol. The topological polar surface area (TPSA) is 77.2 Å². The maximum atomic E-state index is 11.3. The predicted octanol–water partition coefficient (Wildman–Crippen LogP) is 2.57. The van der Waals surface area contributed by atoms with Gasteiger partial charge in [0, 0.05) is 24.0 Å². The SMILES string of the molecule is [B]C([B])(Oc1cccc(O)c1C=O)c1ncccc1-c1ccnn1C(C)C. The predicted molar refractivity (Wildman–Crippen MR) is 103 cm³/mol. The average molecular weight is 357 g/mol. The molecule has 0 saturated heterocycles. The number of hydrogen-bond acceptors (Lipinski definition) is 5. The van der Waals surface area contributed by atoms with Gasteiger partial charge in [-0.3, -0.25) is 14.5 Å². The largest absolute Gasteiger partial charge is 0.507 e. The summed E-state index contributed by atoms with van der Waals surface area (Å²) in [6.07, 6.45) is 3.71. The van der Waals surface area contributed by atoms with E-state index in [1.54, 1.807) is 18.5 Å². The molecule has 0 aliphatic carbocycles. The van der Waals surface area contributed by atoms with Crippen molar-refractivity contribution < 1.29 is 14.6 Å². The van der Waals surface area contributed by atoms with Crippen LogP contribution < -0.4 is 4.74 Å². The Balaban J connectivity index is 2.08. The van der Waals surface area contributed by atoms with Crippen LogP contribution in [0.25, 0.3) is 11.3 Å². The summed E-state index contributed by atoms with van der Waals surface area (Å²) < 4.78 is 7.52. The molecule has 1 aromatic carbocycles. The fourth-order valence-electron chi connectivity index (χ4n) is 2.83. The Kier molecular flexibility index (Phi) is 5.08. The van der Waals surface area contributed by atoms with Gasteiger partial charge in [-0.2, -0.15) is 5.10 Å². The van der Waals surface area contributed by atoms with Crippen molar-refractivity contribution in [3.05, 3.63) is 60.0 Å². The van der Waals surface area contributed by atoms with Crippen LogP contribution in [0.1, 0.15) is 35.9 Å². The van der Waals surface area contributed by atoms with Crippen LogP contribution in [0.4, 0.5) is 0 Å². The number of pyridine rings is 1. The van der Waals surface area contributed by atoms with Crippen molar-refractivity contribution in [3.63, 3.8) is 0 Å². The minimum atomic E-state index is -1.85. The molecule has 0 aliphatic heterocycles. The van der Waals surface area contributed by atoms with E-state index in [1.807, 2.05) is 30.7 Å². The van der Waals surface area contributed by atoms with E-state index in [0.29, 0.717) is 11.8 Å². The lowest BCUT2D eigenvalue weighted by molar-refractivity contribution is 0.111. The number of rotatable bonds is 6. The van der Waals surface area contributed by atoms with E-state index < -0.39 is 5.40 Å². The van der Waals surface area contributed by atoms with Crippen molar-refractivity contribution in [2.45, 2.75) is 25.3 Å². The molecule has 0 saturated carbocycles. The van der Waals surface area contributed by atoms with Gasteiger partial charge in [0.2, 0.25) is 0 Å². The highest BCUT2D eigenvalue weighted by Gasteiger charge is 2.29. The molecular formula is C19H17B2N3O3. The highest BCUT2D eigenvalue weighted by molar-refractivity contribution is 6.39. The lowest BCUT2D eigenvalue weighted by Gasteiger charge is -2.30. The number of phenols is 1. The van der Waals surface area contributed by atoms with Crippen LogP contribution in [0.2, 0.25) is 0 Å². The molecule has 1 N–H and O–H groups in total. The Morgan fingerprint density at radius 3 is 2.67 bits per heavy atom. The number of carbonyl (C=O) groups is 1. The van der Waals surface area contributed by atoms with Crippen molar-refractivity contribution in [3.8, 4) is 22.8 Å². The number of carbonyl (C=O) groups excluding carboxylic acids is 1. The van der Waals surface area contributed by atoms with Gasteiger partial charge >= 0.3 is 0 Å². The zero-order chi connectivity index (χ0) is 19.6. The normalized spacial score (nSPS) is 11.5. The van der Waals surface area contributed by atoms with Gasteiger partial charge in [-0.05, 0) is 44.2 Å².